The molecule has 1 unspecified atom stereocenters. The number of ether oxygens (including phenoxy) is 1. The van der Waals surface area contributed by atoms with Gasteiger partial charge in [-0.25, -0.2) is 4.39 Å². The van der Waals surface area contributed by atoms with E-state index in [0.29, 0.717) is 11.3 Å². The minimum atomic E-state index is -0.324. The molecule has 0 aliphatic heterocycles. The van der Waals surface area contributed by atoms with E-state index >= 15 is 0 Å². The summed E-state index contributed by atoms with van der Waals surface area (Å²) >= 11 is 3.42. The Bertz CT molecular complexity index is 615. The quantitative estimate of drug-likeness (QED) is 0.850. The minimum Gasteiger partial charge on any atom is -0.454 e. The highest BCUT2D eigenvalue weighted by atomic mass is 79.9. The summed E-state index contributed by atoms with van der Waals surface area (Å²) in [7, 11) is 1.88. The molecule has 1 N–H and O–H groups in total. The van der Waals surface area contributed by atoms with Gasteiger partial charge in [0.05, 0.1) is 0 Å². The standard InChI is InChI=1S/C16H17BrFNO/c1-10-5-4-6-14(16(10)18)20-15-9-12(17)7-8-13(15)11(2)19-3/h4-9,11,19H,1-3H3. The molecule has 2 aromatic carbocycles. The highest BCUT2D eigenvalue weighted by Crippen LogP contribution is 2.33. The summed E-state index contributed by atoms with van der Waals surface area (Å²) in [6.07, 6.45) is 0. The van der Waals surface area contributed by atoms with E-state index in [0.717, 1.165) is 10.0 Å². The lowest BCUT2D eigenvalue weighted by molar-refractivity contribution is 0.429. The first-order chi connectivity index (χ1) is 9.52. The summed E-state index contributed by atoms with van der Waals surface area (Å²) in [6, 6.07) is 11.0. The topological polar surface area (TPSA) is 21.3 Å². The highest BCUT2D eigenvalue weighted by Gasteiger charge is 2.14. The Kier molecular flexibility index (Phi) is 4.78. The summed E-state index contributed by atoms with van der Waals surface area (Å²) in [4.78, 5) is 0. The van der Waals surface area contributed by atoms with Gasteiger partial charge < -0.3 is 10.1 Å². The van der Waals surface area contributed by atoms with Gasteiger partial charge in [-0.15, -0.1) is 0 Å². The molecule has 2 aromatic rings. The fourth-order valence-electron chi connectivity index (χ4n) is 1.93. The van der Waals surface area contributed by atoms with Gasteiger partial charge in [-0.3, -0.25) is 0 Å². The Morgan fingerprint density at radius 2 is 1.95 bits per heavy atom. The molecule has 0 bridgehead atoms. The van der Waals surface area contributed by atoms with E-state index < -0.39 is 0 Å². The average molecular weight is 338 g/mol. The number of benzene rings is 2. The van der Waals surface area contributed by atoms with Crippen LogP contribution in [0.5, 0.6) is 11.5 Å². The van der Waals surface area contributed by atoms with Crippen molar-refractivity contribution in [3.63, 3.8) is 0 Å². The third kappa shape index (κ3) is 3.19. The van der Waals surface area contributed by atoms with Crippen molar-refractivity contribution >= 4 is 15.9 Å². The third-order valence-electron chi connectivity index (χ3n) is 3.25. The monoisotopic (exact) mass is 337 g/mol. The number of rotatable bonds is 4. The Morgan fingerprint density at radius 3 is 2.65 bits per heavy atom. The van der Waals surface area contributed by atoms with Crippen LogP contribution in [0, 0.1) is 12.7 Å². The second kappa shape index (κ2) is 6.37. The second-order valence-electron chi connectivity index (χ2n) is 4.68. The summed E-state index contributed by atoms with van der Waals surface area (Å²) in [5.74, 6) is 0.564. The van der Waals surface area contributed by atoms with Gasteiger partial charge in [-0.05, 0) is 44.7 Å². The maximum Gasteiger partial charge on any atom is 0.168 e. The van der Waals surface area contributed by atoms with E-state index in [1.807, 2.05) is 32.2 Å². The van der Waals surface area contributed by atoms with Crippen LogP contribution < -0.4 is 10.1 Å². The molecular formula is C16H17BrFNO. The van der Waals surface area contributed by atoms with Crippen LogP contribution in [0.4, 0.5) is 4.39 Å². The summed E-state index contributed by atoms with van der Waals surface area (Å²) in [6.45, 7) is 3.75. The van der Waals surface area contributed by atoms with Crippen LogP contribution in [-0.4, -0.2) is 7.05 Å². The van der Waals surface area contributed by atoms with Crippen molar-refractivity contribution in [2.45, 2.75) is 19.9 Å². The molecule has 0 amide bonds. The SMILES string of the molecule is CNC(C)c1ccc(Br)cc1Oc1cccc(C)c1F. The summed E-state index contributed by atoms with van der Waals surface area (Å²) in [5.41, 5.74) is 1.55. The predicted molar refractivity (Wildman–Crippen MR) is 82.8 cm³/mol. The minimum absolute atomic E-state index is 0.117. The Hall–Kier alpha value is -1.39. The normalized spacial score (nSPS) is 12.2. The van der Waals surface area contributed by atoms with Crippen LogP contribution in [0.2, 0.25) is 0 Å². The number of hydrogen-bond acceptors (Lipinski definition) is 2. The molecule has 0 aromatic heterocycles. The van der Waals surface area contributed by atoms with Crippen molar-refractivity contribution in [1.82, 2.24) is 5.32 Å². The smallest absolute Gasteiger partial charge is 0.168 e. The Labute approximate surface area is 127 Å². The van der Waals surface area contributed by atoms with Crippen molar-refractivity contribution in [2.75, 3.05) is 7.05 Å². The lowest BCUT2D eigenvalue weighted by Crippen LogP contribution is -2.13. The molecule has 0 saturated carbocycles. The van der Waals surface area contributed by atoms with E-state index in [1.54, 1.807) is 25.1 Å². The molecule has 4 heteroatoms. The largest absolute Gasteiger partial charge is 0.454 e. The zero-order valence-electron chi connectivity index (χ0n) is 11.7. The molecule has 2 rings (SSSR count). The van der Waals surface area contributed by atoms with Gasteiger partial charge in [0, 0.05) is 16.1 Å². The molecular weight excluding hydrogens is 321 g/mol. The molecule has 0 heterocycles. The molecule has 0 aliphatic rings. The maximum atomic E-state index is 14.1. The van der Waals surface area contributed by atoms with E-state index in [4.69, 9.17) is 4.74 Å². The predicted octanol–water partition coefficient (Wildman–Crippen LogP) is 4.97. The van der Waals surface area contributed by atoms with Crippen LogP contribution in [0.1, 0.15) is 24.1 Å². The van der Waals surface area contributed by atoms with Gasteiger partial charge in [0.15, 0.2) is 11.6 Å². The Balaban J connectivity index is 2.42. The van der Waals surface area contributed by atoms with E-state index in [9.17, 15) is 4.39 Å². The molecule has 0 saturated heterocycles. The van der Waals surface area contributed by atoms with Crippen molar-refractivity contribution < 1.29 is 9.13 Å². The fraction of sp³-hybridized carbons (Fsp3) is 0.250. The first-order valence-electron chi connectivity index (χ1n) is 6.42. The van der Waals surface area contributed by atoms with Crippen LogP contribution >= 0.6 is 15.9 Å². The zero-order chi connectivity index (χ0) is 14.7. The van der Waals surface area contributed by atoms with Gasteiger partial charge in [0.25, 0.3) is 0 Å². The van der Waals surface area contributed by atoms with Gasteiger partial charge in [-0.2, -0.15) is 0 Å². The van der Waals surface area contributed by atoms with E-state index in [2.05, 4.69) is 21.2 Å². The van der Waals surface area contributed by atoms with Crippen molar-refractivity contribution in [1.29, 1.82) is 0 Å². The van der Waals surface area contributed by atoms with Gasteiger partial charge in [-0.1, -0.05) is 34.1 Å². The van der Waals surface area contributed by atoms with Crippen molar-refractivity contribution in [3.05, 3.63) is 57.8 Å². The molecule has 0 spiro atoms. The first kappa shape index (κ1) is 15.0. The summed E-state index contributed by atoms with van der Waals surface area (Å²) in [5, 5.41) is 3.16. The molecule has 2 nitrogen and oxygen atoms in total. The van der Waals surface area contributed by atoms with Gasteiger partial charge in [0.2, 0.25) is 0 Å². The fourth-order valence-corrected chi connectivity index (χ4v) is 2.27. The van der Waals surface area contributed by atoms with Crippen LogP contribution in [0.25, 0.3) is 0 Å². The number of aryl methyl sites for hydroxylation is 1. The molecule has 0 fully saturated rings. The molecule has 106 valence electrons. The van der Waals surface area contributed by atoms with Gasteiger partial charge >= 0.3 is 0 Å². The molecule has 0 aliphatic carbocycles. The lowest BCUT2D eigenvalue weighted by atomic mass is 10.1. The molecule has 0 radical (unpaired) electrons. The van der Waals surface area contributed by atoms with E-state index in [-0.39, 0.29) is 17.6 Å². The lowest BCUT2D eigenvalue weighted by Gasteiger charge is -2.17. The number of halogens is 2. The molecule has 20 heavy (non-hydrogen) atoms. The average Bonchev–Trinajstić information content (AvgIpc) is 2.43. The number of hydrogen-bond donors (Lipinski definition) is 1. The first-order valence-corrected chi connectivity index (χ1v) is 7.22. The molecule has 1 atom stereocenters. The van der Waals surface area contributed by atoms with Crippen molar-refractivity contribution in [3.8, 4) is 11.5 Å². The Morgan fingerprint density at radius 1 is 1.20 bits per heavy atom. The zero-order valence-corrected chi connectivity index (χ0v) is 13.3. The third-order valence-corrected chi connectivity index (χ3v) is 3.74. The second-order valence-corrected chi connectivity index (χ2v) is 5.60. The van der Waals surface area contributed by atoms with Crippen LogP contribution in [0.3, 0.4) is 0 Å². The van der Waals surface area contributed by atoms with Crippen LogP contribution in [0.15, 0.2) is 40.9 Å². The van der Waals surface area contributed by atoms with Gasteiger partial charge in [0.1, 0.15) is 5.75 Å². The highest BCUT2D eigenvalue weighted by molar-refractivity contribution is 9.10. The number of nitrogens with one attached hydrogen (secondary N) is 1. The van der Waals surface area contributed by atoms with Crippen molar-refractivity contribution in [2.24, 2.45) is 0 Å². The maximum absolute atomic E-state index is 14.1. The van der Waals surface area contributed by atoms with E-state index in [1.165, 1.54) is 0 Å². The summed E-state index contributed by atoms with van der Waals surface area (Å²) < 4.78 is 20.7. The van der Waals surface area contributed by atoms with Crippen LogP contribution in [-0.2, 0) is 0 Å².